The molecule has 7 heteroatoms. The molecule has 1 fully saturated rings. The van der Waals surface area contributed by atoms with Gasteiger partial charge in [-0.3, -0.25) is 9.59 Å². The van der Waals surface area contributed by atoms with E-state index in [2.05, 4.69) is 0 Å². The van der Waals surface area contributed by atoms with E-state index in [1.807, 2.05) is 6.08 Å². The number of rotatable bonds is 3. The van der Waals surface area contributed by atoms with Crippen LogP contribution in [0.3, 0.4) is 0 Å². The number of halogens is 3. The van der Waals surface area contributed by atoms with E-state index >= 15 is 0 Å². The van der Waals surface area contributed by atoms with E-state index in [1.165, 1.54) is 24.3 Å². The van der Waals surface area contributed by atoms with E-state index in [4.69, 9.17) is 11.6 Å². The smallest absolute Gasteiger partial charge is 0.292 e. The van der Waals surface area contributed by atoms with Gasteiger partial charge in [0.25, 0.3) is 5.91 Å². The van der Waals surface area contributed by atoms with Crippen LogP contribution in [-0.4, -0.2) is 30.9 Å². The van der Waals surface area contributed by atoms with Crippen LogP contribution in [0.25, 0.3) is 5.57 Å². The van der Waals surface area contributed by atoms with E-state index in [-0.39, 0.29) is 29.1 Å². The van der Waals surface area contributed by atoms with Crippen LogP contribution in [0.2, 0.25) is 5.02 Å². The summed E-state index contributed by atoms with van der Waals surface area (Å²) in [6.07, 6.45) is 2.89. The number of hydrogen-bond acceptors (Lipinski definition) is 2. The highest BCUT2D eigenvalue weighted by atomic mass is 35.5. The van der Waals surface area contributed by atoms with Crippen LogP contribution >= 0.6 is 11.6 Å². The highest BCUT2D eigenvalue weighted by Crippen LogP contribution is 2.27. The lowest BCUT2D eigenvalue weighted by Gasteiger charge is -2.27. The van der Waals surface area contributed by atoms with Crippen molar-refractivity contribution in [1.82, 2.24) is 0 Å². The van der Waals surface area contributed by atoms with Gasteiger partial charge in [-0.25, -0.2) is 13.7 Å². The van der Waals surface area contributed by atoms with Crippen LogP contribution in [0, 0.1) is 11.6 Å². The van der Waals surface area contributed by atoms with Crippen molar-refractivity contribution in [2.75, 3.05) is 18.0 Å². The van der Waals surface area contributed by atoms with Crippen LogP contribution in [0.5, 0.6) is 0 Å². The Morgan fingerprint density at radius 2 is 1.82 bits per heavy atom. The van der Waals surface area contributed by atoms with Gasteiger partial charge in [-0.2, -0.15) is 0 Å². The van der Waals surface area contributed by atoms with Gasteiger partial charge >= 0.3 is 0 Å². The van der Waals surface area contributed by atoms with Crippen LogP contribution in [0.4, 0.5) is 14.5 Å². The summed E-state index contributed by atoms with van der Waals surface area (Å²) < 4.78 is 26.5. The molecule has 0 radical (unpaired) electrons. The normalized spacial score (nSPS) is 22.5. The van der Waals surface area contributed by atoms with Gasteiger partial charge in [-0.1, -0.05) is 23.7 Å². The first-order chi connectivity index (χ1) is 13.4. The Bertz CT molecular complexity index is 975. The molecule has 4 nitrogen and oxygen atoms in total. The van der Waals surface area contributed by atoms with Crippen molar-refractivity contribution in [1.29, 1.82) is 0 Å². The average molecular weight is 404 g/mol. The molecule has 0 aromatic heterocycles. The third-order valence-electron chi connectivity index (χ3n) is 5.34. The highest BCUT2D eigenvalue weighted by Gasteiger charge is 2.46. The summed E-state index contributed by atoms with van der Waals surface area (Å²) in [5, 5.41) is -0.126. The molecule has 0 bridgehead atoms. The summed E-state index contributed by atoms with van der Waals surface area (Å²) in [5.41, 5.74) is 2.38. The topological polar surface area (TPSA) is 41.8 Å². The number of carbonyl (C=O) groups is 2. The third-order valence-corrected chi connectivity index (χ3v) is 5.63. The number of nitrogens with one attached hydrogen (secondary N) is 1. The molecule has 2 aliphatic rings. The Morgan fingerprint density at radius 1 is 1.07 bits per heavy atom. The van der Waals surface area contributed by atoms with Gasteiger partial charge in [-0.05, 0) is 47.5 Å². The second-order valence-corrected chi connectivity index (χ2v) is 7.43. The van der Waals surface area contributed by atoms with Crippen molar-refractivity contribution in [3.8, 4) is 0 Å². The fraction of sp³-hybridized carbons (Fsp3) is 0.238. The highest BCUT2D eigenvalue weighted by molar-refractivity contribution is 6.31. The van der Waals surface area contributed by atoms with Crippen molar-refractivity contribution < 1.29 is 23.3 Å². The number of carbonyl (C=O) groups excluding carboxylic acids is 2. The number of hydrogen-bond donors (Lipinski definition) is 1. The molecule has 2 amide bonds. The van der Waals surface area contributed by atoms with Crippen LogP contribution in [0.1, 0.15) is 18.4 Å². The molecule has 2 aromatic rings. The van der Waals surface area contributed by atoms with E-state index in [0.717, 1.165) is 33.4 Å². The number of nitrogens with zero attached hydrogens (tertiary/aromatic N) is 1. The molecular weight excluding hydrogens is 386 g/mol. The SMILES string of the molecule is O=C1C[C@H]([NH+]2CC=C(c3ccc(F)cc3)CC2)C(=O)N1c1ccc(F)c(Cl)c1. The number of quaternary nitrogens is 1. The number of imide groups is 1. The lowest BCUT2D eigenvalue weighted by molar-refractivity contribution is -0.909. The standard InChI is InChI=1S/C21H17ClF2N2O2/c22-17-11-16(5-6-18(17)24)26-20(27)12-19(21(26)28)25-9-7-14(8-10-25)13-1-3-15(23)4-2-13/h1-7,11,19H,8-10,12H2/p+1/t19-/m0/s1. The van der Waals surface area contributed by atoms with Crippen molar-refractivity contribution in [3.63, 3.8) is 0 Å². The molecule has 1 N–H and O–H groups in total. The second kappa shape index (κ2) is 7.45. The van der Waals surface area contributed by atoms with Gasteiger partial charge < -0.3 is 4.90 Å². The summed E-state index contributed by atoms with van der Waals surface area (Å²) >= 11 is 5.80. The van der Waals surface area contributed by atoms with E-state index in [0.29, 0.717) is 18.8 Å². The molecule has 1 unspecified atom stereocenters. The van der Waals surface area contributed by atoms with Crippen molar-refractivity contribution in [2.24, 2.45) is 0 Å². The maximum Gasteiger partial charge on any atom is 0.292 e. The molecule has 28 heavy (non-hydrogen) atoms. The molecule has 2 aromatic carbocycles. The summed E-state index contributed by atoms with van der Waals surface area (Å²) in [6, 6.07) is 9.72. The zero-order valence-corrected chi connectivity index (χ0v) is 15.7. The van der Waals surface area contributed by atoms with E-state index in [9.17, 15) is 18.4 Å². The Labute approximate surface area is 166 Å². The number of anilines is 1. The van der Waals surface area contributed by atoms with Gasteiger partial charge in [0, 0.05) is 6.42 Å². The lowest BCUT2D eigenvalue weighted by Crippen LogP contribution is -3.17. The summed E-state index contributed by atoms with van der Waals surface area (Å²) in [6.45, 7) is 1.30. The third kappa shape index (κ3) is 3.45. The molecule has 0 saturated carbocycles. The predicted molar refractivity (Wildman–Crippen MR) is 102 cm³/mol. The van der Waals surface area contributed by atoms with Gasteiger partial charge in [0.05, 0.1) is 30.2 Å². The fourth-order valence-electron chi connectivity index (χ4n) is 3.84. The summed E-state index contributed by atoms with van der Waals surface area (Å²) in [5.74, 6) is -1.47. The summed E-state index contributed by atoms with van der Waals surface area (Å²) in [4.78, 5) is 27.5. The molecule has 0 aliphatic carbocycles. The Hall–Kier alpha value is -2.57. The van der Waals surface area contributed by atoms with Crippen LogP contribution in [-0.2, 0) is 9.59 Å². The molecule has 2 heterocycles. The van der Waals surface area contributed by atoms with Crippen molar-refractivity contribution >= 4 is 34.7 Å². The minimum Gasteiger partial charge on any atom is -0.321 e. The van der Waals surface area contributed by atoms with Gasteiger partial charge in [0.1, 0.15) is 11.6 Å². The van der Waals surface area contributed by atoms with E-state index < -0.39 is 11.9 Å². The van der Waals surface area contributed by atoms with Crippen molar-refractivity contribution in [2.45, 2.75) is 18.9 Å². The molecule has 2 aliphatic heterocycles. The molecule has 0 spiro atoms. The lowest BCUT2D eigenvalue weighted by atomic mass is 9.98. The minimum absolute atomic E-state index is 0.114. The van der Waals surface area contributed by atoms with Gasteiger partial charge in [-0.15, -0.1) is 0 Å². The molecule has 4 rings (SSSR count). The monoisotopic (exact) mass is 403 g/mol. The fourth-order valence-corrected chi connectivity index (χ4v) is 4.02. The Kier molecular flexibility index (Phi) is 5.00. The maximum absolute atomic E-state index is 13.4. The molecule has 2 atom stereocenters. The first-order valence-corrected chi connectivity index (χ1v) is 9.43. The maximum atomic E-state index is 13.4. The molecule has 1 saturated heterocycles. The zero-order chi connectivity index (χ0) is 19.8. The number of benzene rings is 2. The molecule has 144 valence electrons. The van der Waals surface area contributed by atoms with E-state index in [1.54, 1.807) is 12.1 Å². The van der Waals surface area contributed by atoms with Gasteiger partial charge in [0.15, 0.2) is 6.04 Å². The quantitative estimate of drug-likeness (QED) is 0.800. The van der Waals surface area contributed by atoms with Crippen LogP contribution < -0.4 is 9.80 Å². The average Bonchev–Trinajstić information content (AvgIpc) is 2.99. The largest absolute Gasteiger partial charge is 0.321 e. The Morgan fingerprint density at radius 3 is 2.46 bits per heavy atom. The number of amides is 2. The minimum atomic E-state index is -0.596. The van der Waals surface area contributed by atoms with Crippen molar-refractivity contribution in [3.05, 3.63) is 70.8 Å². The summed E-state index contributed by atoms with van der Waals surface area (Å²) in [7, 11) is 0. The molecular formula is C21H18ClF2N2O2+. The second-order valence-electron chi connectivity index (χ2n) is 7.02. The van der Waals surface area contributed by atoms with Gasteiger partial charge in [0.2, 0.25) is 5.91 Å². The first-order valence-electron chi connectivity index (χ1n) is 9.05. The Balaban J connectivity index is 1.50. The zero-order valence-electron chi connectivity index (χ0n) is 14.9. The first kappa shape index (κ1) is 18.8. The predicted octanol–water partition coefficient (Wildman–Crippen LogP) is 2.62. The van der Waals surface area contributed by atoms with Crippen LogP contribution in [0.15, 0.2) is 48.5 Å².